The van der Waals surface area contributed by atoms with E-state index in [0.29, 0.717) is 28.0 Å². The van der Waals surface area contributed by atoms with Crippen LogP contribution in [-0.4, -0.2) is 28.4 Å². The van der Waals surface area contributed by atoms with E-state index in [0.717, 1.165) is 5.56 Å². The lowest BCUT2D eigenvalue weighted by Gasteiger charge is -2.24. The van der Waals surface area contributed by atoms with E-state index in [1.165, 1.54) is 11.8 Å². The molecule has 0 fully saturated rings. The molecule has 0 unspecified atom stereocenters. The number of rotatable bonds is 3. The number of benzene rings is 1. The fourth-order valence-electron chi connectivity index (χ4n) is 2.94. The van der Waals surface area contributed by atoms with Crippen LogP contribution < -0.4 is 20.3 Å². The number of H-pyrrole nitrogens is 1. The summed E-state index contributed by atoms with van der Waals surface area (Å²) in [6.45, 7) is 0.165. The van der Waals surface area contributed by atoms with E-state index >= 15 is 0 Å². The molecule has 0 saturated carbocycles. The quantitative estimate of drug-likeness (QED) is 0.494. The topological polar surface area (TPSA) is 93.3 Å². The average molecular weight is 355 g/mol. The van der Waals surface area contributed by atoms with Gasteiger partial charge in [0.25, 0.3) is 5.56 Å². The van der Waals surface area contributed by atoms with E-state index in [9.17, 15) is 9.59 Å². The number of fused-ring (bicyclic) bond motifs is 2. The number of hydrogen-bond acceptors (Lipinski definition) is 6. The third-order valence-electron chi connectivity index (χ3n) is 4.02. The maximum absolute atomic E-state index is 12.6. The molecule has 3 heterocycles. The zero-order valence-corrected chi connectivity index (χ0v) is 13.8. The molecule has 4 rings (SSSR count). The second-order valence-electron chi connectivity index (χ2n) is 5.54. The number of aromatic nitrogens is 2. The summed E-state index contributed by atoms with van der Waals surface area (Å²) in [5.41, 5.74) is 0.951. The lowest BCUT2D eigenvalue weighted by Crippen LogP contribution is -2.31. The standard InChI is InChI=1S/C17H13N3O4S/c1-2-5-25-17-19-15-14(16(22)20-17)10(7-13(21)18-15)9-3-4-11-12(6-9)24-8-23-11/h1,3-4,6,10H,5,7-8H2,(H2,18,19,20,21,22)/t10-/m0/s1. The summed E-state index contributed by atoms with van der Waals surface area (Å²) in [5.74, 6) is 3.79. The van der Waals surface area contributed by atoms with Crippen molar-refractivity contribution in [2.24, 2.45) is 0 Å². The molecule has 2 aliphatic rings. The minimum Gasteiger partial charge on any atom is -0.454 e. The van der Waals surface area contributed by atoms with Crippen molar-refractivity contribution in [1.29, 1.82) is 0 Å². The van der Waals surface area contributed by atoms with E-state index in [4.69, 9.17) is 15.9 Å². The lowest BCUT2D eigenvalue weighted by molar-refractivity contribution is -0.116. The van der Waals surface area contributed by atoms with Gasteiger partial charge in [0.2, 0.25) is 12.7 Å². The molecule has 126 valence electrons. The van der Waals surface area contributed by atoms with Crippen molar-refractivity contribution >= 4 is 23.5 Å². The van der Waals surface area contributed by atoms with Crippen LogP contribution in [0.2, 0.25) is 0 Å². The highest BCUT2D eigenvalue weighted by Gasteiger charge is 2.32. The van der Waals surface area contributed by atoms with Gasteiger partial charge in [0.1, 0.15) is 5.82 Å². The van der Waals surface area contributed by atoms with E-state index in [-0.39, 0.29) is 30.5 Å². The van der Waals surface area contributed by atoms with Gasteiger partial charge in [-0.2, -0.15) is 0 Å². The van der Waals surface area contributed by atoms with E-state index in [1.807, 2.05) is 6.07 Å². The van der Waals surface area contributed by atoms with Crippen molar-refractivity contribution in [1.82, 2.24) is 9.97 Å². The summed E-state index contributed by atoms with van der Waals surface area (Å²) >= 11 is 1.23. The summed E-state index contributed by atoms with van der Waals surface area (Å²) < 4.78 is 10.7. The van der Waals surface area contributed by atoms with E-state index in [1.54, 1.807) is 12.1 Å². The fraction of sp³-hybridized carbons (Fsp3) is 0.235. The first-order valence-corrected chi connectivity index (χ1v) is 8.54. The van der Waals surface area contributed by atoms with Gasteiger partial charge in [-0.15, -0.1) is 6.42 Å². The number of thioether (sulfide) groups is 1. The van der Waals surface area contributed by atoms with Gasteiger partial charge in [0.15, 0.2) is 16.7 Å². The highest BCUT2D eigenvalue weighted by atomic mass is 32.2. The molecule has 2 aromatic rings. The molecule has 0 bridgehead atoms. The number of carbonyl (C=O) groups is 1. The van der Waals surface area contributed by atoms with Gasteiger partial charge in [-0.1, -0.05) is 23.7 Å². The SMILES string of the molecule is C#CCSc1nc2c(c(=O)[nH]1)[C@H](c1ccc3c(c1)OCO3)CC(=O)N2. The normalized spacial score (nSPS) is 17.6. The molecule has 0 radical (unpaired) electrons. The summed E-state index contributed by atoms with van der Waals surface area (Å²) in [7, 11) is 0. The number of anilines is 1. The van der Waals surface area contributed by atoms with E-state index < -0.39 is 5.92 Å². The van der Waals surface area contributed by atoms with Gasteiger partial charge in [-0.3, -0.25) is 9.59 Å². The molecule has 7 nitrogen and oxygen atoms in total. The number of carbonyl (C=O) groups excluding carboxylic acids is 1. The zero-order chi connectivity index (χ0) is 17.4. The molecule has 2 aliphatic heterocycles. The van der Waals surface area contributed by atoms with Crippen molar-refractivity contribution in [2.45, 2.75) is 17.5 Å². The maximum atomic E-state index is 12.6. The van der Waals surface area contributed by atoms with Crippen LogP contribution in [0.15, 0.2) is 28.2 Å². The lowest BCUT2D eigenvalue weighted by atomic mass is 9.86. The van der Waals surface area contributed by atoms with Gasteiger partial charge in [0.05, 0.1) is 11.3 Å². The number of terminal acetylenes is 1. The largest absolute Gasteiger partial charge is 0.454 e. The highest BCUT2D eigenvalue weighted by molar-refractivity contribution is 7.99. The van der Waals surface area contributed by atoms with Crippen LogP contribution in [0.5, 0.6) is 11.5 Å². The van der Waals surface area contributed by atoms with Crippen molar-refractivity contribution in [3.63, 3.8) is 0 Å². The van der Waals surface area contributed by atoms with Crippen LogP contribution in [0.1, 0.15) is 23.5 Å². The van der Waals surface area contributed by atoms with Crippen molar-refractivity contribution in [3.8, 4) is 23.8 Å². The monoisotopic (exact) mass is 355 g/mol. The Hall–Kier alpha value is -2.92. The van der Waals surface area contributed by atoms with Crippen molar-refractivity contribution in [2.75, 3.05) is 17.9 Å². The maximum Gasteiger partial charge on any atom is 0.257 e. The molecule has 0 saturated heterocycles. The molecule has 0 spiro atoms. The minimum absolute atomic E-state index is 0.161. The Morgan fingerprint density at radius 1 is 1.32 bits per heavy atom. The summed E-state index contributed by atoms with van der Waals surface area (Å²) in [4.78, 5) is 31.8. The van der Waals surface area contributed by atoms with Crippen molar-refractivity contribution in [3.05, 3.63) is 39.7 Å². The number of ether oxygens (including phenoxy) is 2. The van der Waals surface area contributed by atoms with Crippen molar-refractivity contribution < 1.29 is 14.3 Å². The van der Waals surface area contributed by atoms with E-state index in [2.05, 4.69) is 21.2 Å². The average Bonchev–Trinajstić information content (AvgIpc) is 3.06. The van der Waals surface area contributed by atoms with Gasteiger partial charge >= 0.3 is 0 Å². The van der Waals surface area contributed by atoms with Gasteiger partial charge in [-0.25, -0.2) is 4.98 Å². The minimum atomic E-state index is -0.402. The third-order valence-corrected chi connectivity index (χ3v) is 4.80. The number of hydrogen-bond donors (Lipinski definition) is 2. The smallest absolute Gasteiger partial charge is 0.257 e. The van der Waals surface area contributed by atoms with Crippen LogP contribution in [0.4, 0.5) is 5.82 Å². The zero-order valence-electron chi connectivity index (χ0n) is 13.0. The third kappa shape index (κ3) is 2.83. The molecule has 1 atom stereocenters. The Morgan fingerprint density at radius 3 is 3.00 bits per heavy atom. The molecule has 1 amide bonds. The molecular formula is C17H13N3O4S. The summed E-state index contributed by atoms with van der Waals surface area (Å²) in [6.07, 6.45) is 5.40. The number of nitrogens with zero attached hydrogens (tertiary/aromatic N) is 1. The Morgan fingerprint density at radius 2 is 2.16 bits per heavy atom. The predicted molar refractivity (Wildman–Crippen MR) is 92.1 cm³/mol. The molecule has 25 heavy (non-hydrogen) atoms. The van der Waals surface area contributed by atoms with Gasteiger partial charge in [-0.05, 0) is 17.7 Å². The Bertz CT molecular complexity index is 963. The molecule has 2 N–H and O–H groups in total. The second kappa shape index (κ2) is 6.18. The molecular weight excluding hydrogens is 342 g/mol. The molecule has 8 heteroatoms. The van der Waals surface area contributed by atoms with Gasteiger partial charge in [0, 0.05) is 12.3 Å². The van der Waals surface area contributed by atoms with Crippen LogP contribution in [-0.2, 0) is 4.79 Å². The first-order chi connectivity index (χ1) is 12.2. The van der Waals surface area contributed by atoms with Crippen LogP contribution >= 0.6 is 11.8 Å². The summed E-state index contributed by atoms with van der Waals surface area (Å²) in [6, 6.07) is 5.42. The fourth-order valence-corrected chi connectivity index (χ4v) is 3.48. The number of nitrogens with one attached hydrogen (secondary N) is 2. The van der Waals surface area contributed by atoms with Gasteiger partial charge < -0.3 is 19.8 Å². The highest BCUT2D eigenvalue weighted by Crippen LogP contribution is 2.39. The Balaban J connectivity index is 1.78. The predicted octanol–water partition coefficient (Wildman–Crippen LogP) is 1.70. The van der Waals surface area contributed by atoms with Crippen LogP contribution in [0.3, 0.4) is 0 Å². The second-order valence-corrected chi connectivity index (χ2v) is 6.51. The summed E-state index contributed by atoms with van der Waals surface area (Å²) in [5, 5.41) is 3.06. The first kappa shape index (κ1) is 15.6. The Labute approximate surface area is 147 Å². The number of aromatic amines is 1. The molecule has 0 aliphatic carbocycles. The molecule has 1 aromatic carbocycles. The first-order valence-electron chi connectivity index (χ1n) is 7.55. The Kier molecular flexibility index (Phi) is 3.86. The molecule has 1 aromatic heterocycles. The number of amides is 1. The van der Waals surface area contributed by atoms with Crippen LogP contribution in [0.25, 0.3) is 0 Å². The van der Waals surface area contributed by atoms with Crippen LogP contribution in [0, 0.1) is 12.3 Å².